The molecule has 0 unspecified atom stereocenters. The molecule has 0 radical (unpaired) electrons. The van der Waals surface area contributed by atoms with E-state index in [-0.39, 0.29) is 26.8 Å². The number of hydrogen-bond donors (Lipinski definition) is 1. The molecular formula is C15H17ClN2O5S2. The van der Waals surface area contributed by atoms with Crippen LogP contribution in [0.3, 0.4) is 0 Å². The van der Waals surface area contributed by atoms with Gasteiger partial charge >= 0.3 is 5.97 Å². The van der Waals surface area contributed by atoms with Crippen molar-refractivity contribution in [2.45, 2.75) is 50.0 Å². The van der Waals surface area contributed by atoms with E-state index in [1.165, 1.54) is 11.4 Å². The monoisotopic (exact) mass is 404 g/mol. The number of thiophene rings is 1. The summed E-state index contributed by atoms with van der Waals surface area (Å²) in [5.74, 6) is -0.806. The average Bonchev–Trinajstić information content (AvgIpc) is 3.19. The Morgan fingerprint density at radius 3 is 2.76 bits per heavy atom. The number of aryl methyl sites for hydroxylation is 1. The topological polar surface area (TPSA) is 98.5 Å². The van der Waals surface area contributed by atoms with Gasteiger partial charge in [0.2, 0.25) is 0 Å². The molecule has 0 spiro atoms. The Morgan fingerprint density at radius 1 is 1.40 bits per heavy atom. The molecule has 2 aromatic heterocycles. The Kier molecular flexibility index (Phi) is 5.35. The number of carbonyl (C=O) groups excluding carboxylic acids is 1. The Balaban J connectivity index is 1.79. The van der Waals surface area contributed by atoms with E-state index in [9.17, 15) is 13.2 Å². The van der Waals surface area contributed by atoms with E-state index in [4.69, 9.17) is 20.9 Å². The largest absolute Gasteiger partial charge is 0.458 e. The van der Waals surface area contributed by atoms with Crippen LogP contribution in [0.4, 0.5) is 5.88 Å². The first-order chi connectivity index (χ1) is 11.9. The fourth-order valence-corrected chi connectivity index (χ4v) is 5.11. The Labute approximate surface area is 154 Å². The molecular weight excluding hydrogens is 388 g/mol. The number of nitrogens with zero attached hydrogens (tertiary/aromatic N) is 1. The summed E-state index contributed by atoms with van der Waals surface area (Å²) in [6, 6.07) is 1.35. The van der Waals surface area contributed by atoms with Crippen LogP contribution in [-0.2, 0) is 14.8 Å². The maximum atomic E-state index is 12.6. The summed E-state index contributed by atoms with van der Waals surface area (Å²) in [7, 11) is -4.05. The number of ether oxygens (including phenoxy) is 1. The zero-order valence-electron chi connectivity index (χ0n) is 13.5. The first-order valence-electron chi connectivity index (χ1n) is 7.81. The number of carbonyl (C=O) groups is 1. The van der Waals surface area contributed by atoms with Crippen molar-refractivity contribution in [1.29, 1.82) is 0 Å². The molecule has 10 heteroatoms. The van der Waals surface area contributed by atoms with Gasteiger partial charge in [-0.05, 0) is 44.1 Å². The van der Waals surface area contributed by atoms with Gasteiger partial charge < -0.3 is 9.26 Å². The van der Waals surface area contributed by atoms with Crippen molar-refractivity contribution in [2.24, 2.45) is 0 Å². The van der Waals surface area contributed by atoms with E-state index in [0.29, 0.717) is 5.69 Å². The normalized spacial score (nSPS) is 15.9. The summed E-state index contributed by atoms with van der Waals surface area (Å²) < 4.78 is 37.7. The number of esters is 1. The minimum absolute atomic E-state index is 0.0328. The summed E-state index contributed by atoms with van der Waals surface area (Å²) in [5, 5.41) is 5.19. The van der Waals surface area contributed by atoms with E-state index < -0.39 is 16.0 Å². The van der Waals surface area contributed by atoms with E-state index in [1.54, 1.807) is 6.92 Å². The highest BCUT2D eigenvalue weighted by atomic mass is 35.5. The van der Waals surface area contributed by atoms with Crippen molar-refractivity contribution >= 4 is 44.8 Å². The number of rotatable bonds is 5. The molecule has 0 amide bonds. The van der Waals surface area contributed by atoms with Crippen molar-refractivity contribution < 1.29 is 22.5 Å². The lowest BCUT2D eigenvalue weighted by atomic mass is 9.98. The summed E-state index contributed by atoms with van der Waals surface area (Å²) in [6.45, 7) is 1.58. The predicted octanol–water partition coefficient (Wildman–Crippen LogP) is 3.99. The zero-order chi connectivity index (χ0) is 18.0. The van der Waals surface area contributed by atoms with Crippen LogP contribution in [0.25, 0.3) is 0 Å². The first kappa shape index (κ1) is 18.2. The van der Waals surface area contributed by atoms with Gasteiger partial charge in [0.15, 0.2) is 0 Å². The van der Waals surface area contributed by atoms with Crippen LogP contribution in [0.15, 0.2) is 20.9 Å². The van der Waals surface area contributed by atoms with Crippen LogP contribution in [0.1, 0.15) is 47.5 Å². The number of nitrogens with one attached hydrogen (secondary N) is 1. The number of hydrogen-bond acceptors (Lipinski definition) is 7. The Bertz CT molecular complexity index is 868. The fraction of sp³-hybridized carbons (Fsp3) is 0.467. The maximum Gasteiger partial charge on any atom is 0.350 e. The van der Waals surface area contributed by atoms with Gasteiger partial charge in [-0.25, -0.2) is 17.9 Å². The van der Waals surface area contributed by atoms with Gasteiger partial charge in [0, 0.05) is 0 Å². The van der Waals surface area contributed by atoms with Crippen molar-refractivity contribution in [1.82, 2.24) is 5.16 Å². The van der Waals surface area contributed by atoms with Gasteiger partial charge in [0.1, 0.15) is 26.6 Å². The van der Waals surface area contributed by atoms with E-state index in [0.717, 1.165) is 43.4 Å². The van der Waals surface area contributed by atoms with E-state index in [1.807, 2.05) is 0 Å². The van der Waals surface area contributed by atoms with Crippen molar-refractivity contribution in [3.8, 4) is 0 Å². The minimum Gasteiger partial charge on any atom is -0.458 e. The smallest absolute Gasteiger partial charge is 0.350 e. The zero-order valence-corrected chi connectivity index (χ0v) is 15.8. The van der Waals surface area contributed by atoms with Crippen LogP contribution in [-0.4, -0.2) is 25.6 Å². The molecule has 1 aliphatic carbocycles. The molecule has 7 nitrogen and oxygen atoms in total. The SMILES string of the molecule is Cc1noc(NS(=O)(=O)c2ccsc2C(=O)OC2CCCCC2)c1Cl. The number of aromatic nitrogens is 1. The quantitative estimate of drug-likeness (QED) is 0.756. The van der Waals surface area contributed by atoms with Gasteiger partial charge in [-0.3, -0.25) is 0 Å². The van der Waals surface area contributed by atoms with Gasteiger partial charge in [-0.1, -0.05) is 23.2 Å². The third-order valence-corrected chi connectivity index (χ3v) is 6.79. The summed E-state index contributed by atoms with van der Waals surface area (Å²) in [5.41, 5.74) is 0.363. The molecule has 2 aromatic rings. The molecule has 25 heavy (non-hydrogen) atoms. The molecule has 0 bridgehead atoms. The van der Waals surface area contributed by atoms with Crippen molar-refractivity contribution in [3.05, 3.63) is 27.0 Å². The second-order valence-corrected chi connectivity index (χ2v) is 8.74. The molecule has 0 aliphatic heterocycles. The number of sulfonamides is 1. The minimum atomic E-state index is -4.05. The third-order valence-electron chi connectivity index (χ3n) is 3.95. The molecule has 0 aromatic carbocycles. The molecule has 1 aliphatic rings. The summed E-state index contributed by atoms with van der Waals surface area (Å²) in [6.07, 6.45) is 4.62. The molecule has 136 valence electrons. The highest BCUT2D eigenvalue weighted by Crippen LogP contribution is 2.31. The Hall–Kier alpha value is -1.58. The third kappa shape index (κ3) is 3.99. The lowest BCUT2D eigenvalue weighted by Gasteiger charge is -2.21. The highest BCUT2D eigenvalue weighted by molar-refractivity contribution is 7.93. The van der Waals surface area contributed by atoms with Gasteiger partial charge in [0.25, 0.3) is 15.9 Å². The summed E-state index contributed by atoms with van der Waals surface area (Å²) in [4.78, 5) is 12.3. The average molecular weight is 405 g/mol. The molecule has 0 atom stereocenters. The molecule has 2 heterocycles. The first-order valence-corrected chi connectivity index (χ1v) is 10.6. The molecule has 1 saturated carbocycles. The Morgan fingerprint density at radius 2 is 2.12 bits per heavy atom. The van der Waals surface area contributed by atoms with Crippen LogP contribution in [0.2, 0.25) is 5.02 Å². The van der Waals surface area contributed by atoms with Gasteiger partial charge in [-0.15, -0.1) is 11.3 Å². The van der Waals surface area contributed by atoms with Crippen molar-refractivity contribution in [2.75, 3.05) is 4.72 Å². The van der Waals surface area contributed by atoms with Crippen LogP contribution >= 0.6 is 22.9 Å². The second kappa shape index (κ2) is 7.35. The molecule has 0 saturated heterocycles. The van der Waals surface area contributed by atoms with E-state index >= 15 is 0 Å². The van der Waals surface area contributed by atoms with Crippen LogP contribution < -0.4 is 4.72 Å². The van der Waals surface area contributed by atoms with Crippen molar-refractivity contribution in [3.63, 3.8) is 0 Å². The second-order valence-electron chi connectivity index (χ2n) is 5.80. The van der Waals surface area contributed by atoms with Gasteiger partial charge in [0.05, 0.1) is 0 Å². The predicted molar refractivity (Wildman–Crippen MR) is 93.7 cm³/mol. The molecule has 1 N–H and O–H groups in total. The van der Waals surface area contributed by atoms with E-state index in [2.05, 4.69) is 9.88 Å². The van der Waals surface area contributed by atoms with Crippen LogP contribution in [0.5, 0.6) is 0 Å². The maximum absolute atomic E-state index is 12.6. The van der Waals surface area contributed by atoms with Crippen LogP contribution in [0, 0.1) is 6.92 Å². The van der Waals surface area contributed by atoms with Gasteiger partial charge in [-0.2, -0.15) is 0 Å². The number of anilines is 1. The standard InChI is InChI=1S/C15H17ClN2O5S2/c1-9-12(16)14(23-17-9)18-25(20,21)11-7-8-24-13(11)15(19)22-10-5-3-2-4-6-10/h7-8,10,18H,2-6H2,1H3. The lowest BCUT2D eigenvalue weighted by Crippen LogP contribution is -2.22. The lowest BCUT2D eigenvalue weighted by molar-refractivity contribution is 0.0213. The summed E-state index contributed by atoms with van der Waals surface area (Å²) >= 11 is 6.96. The number of halogens is 1. The fourth-order valence-electron chi connectivity index (χ4n) is 2.64. The molecule has 3 rings (SSSR count). The molecule has 1 fully saturated rings. The highest BCUT2D eigenvalue weighted by Gasteiger charge is 2.29.